The van der Waals surface area contributed by atoms with Crippen LogP contribution in [0.1, 0.15) is 51.9 Å². The molecule has 5 aliphatic rings. The summed E-state index contributed by atoms with van der Waals surface area (Å²) in [6.07, 6.45) is 7.03. The van der Waals surface area contributed by atoms with E-state index in [0.717, 1.165) is 44.9 Å². The Morgan fingerprint density at radius 2 is 2.04 bits per heavy atom. The summed E-state index contributed by atoms with van der Waals surface area (Å²) in [5, 5.41) is 20.9. The van der Waals surface area contributed by atoms with Gasteiger partial charge in [0.15, 0.2) is 0 Å². The monoisotopic (exact) mass is 320 g/mol. The van der Waals surface area contributed by atoms with Gasteiger partial charge in [0.2, 0.25) is 0 Å². The van der Waals surface area contributed by atoms with Gasteiger partial charge in [0.1, 0.15) is 0 Å². The Bertz CT molecular complexity index is 558. The highest BCUT2D eigenvalue weighted by atomic mass is 16.5. The van der Waals surface area contributed by atoms with Gasteiger partial charge in [0.25, 0.3) is 0 Å². The molecule has 8 atom stereocenters. The molecule has 0 unspecified atom stereocenters. The number of hydrogen-bond donors (Lipinski definition) is 2. The summed E-state index contributed by atoms with van der Waals surface area (Å²) in [5.41, 5.74) is -0.330. The van der Waals surface area contributed by atoms with Crippen molar-refractivity contribution in [3.05, 3.63) is 0 Å². The molecule has 0 amide bonds. The average Bonchev–Trinajstić information content (AvgIpc) is 2.93. The maximum atomic E-state index is 12.6. The minimum Gasteiger partial charge on any atom is -0.465 e. The zero-order valence-electron chi connectivity index (χ0n) is 14.0. The summed E-state index contributed by atoms with van der Waals surface area (Å²) in [7, 11) is 0. The highest BCUT2D eigenvalue weighted by molar-refractivity contribution is 5.78. The minimum absolute atomic E-state index is 0.0404. The van der Waals surface area contributed by atoms with Crippen LogP contribution in [-0.4, -0.2) is 35.5 Å². The van der Waals surface area contributed by atoms with Gasteiger partial charge < -0.3 is 14.9 Å². The number of cyclic esters (lactones) is 1. The van der Waals surface area contributed by atoms with E-state index in [1.807, 2.05) is 0 Å². The molecule has 4 heteroatoms. The smallest absolute Gasteiger partial charge is 0.312 e. The molecule has 4 bridgehead atoms. The van der Waals surface area contributed by atoms with Crippen LogP contribution in [0.3, 0.4) is 0 Å². The predicted molar refractivity (Wildman–Crippen MR) is 83.3 cm³/mol. The second-order valence-electron chi connectivity index (χ2n) is 9.45. The molecule has 23 heavy (non-hydrogen) atoms. The van der Waals surface area contributed by atoms with Crippen molar-refractivity contribution in [2.24, 2.45) is 39.9 Å². The van der Waals surface area contributed by atoms with E-state index in [-0.39, 0.29) is 41.3 Å². The summed E-state index contributed by atoms with van der Waals surface area (Å²) in [5.74, 6) is 1.27. The van der Waals surface area contributed by atoms with Crippen LogP contribution in [0.15, 0.2) is 0 Å². The number of fused-ring (bicyclic) bond motifs is 1. The fourth-order valence-electron chi connectivity index (χ4n) is 8.37. The van der Waals surface area contributed by atoms with E-state index in [2.05, 4.69) is 6.92 Å². The van der Waals surface area contributed by atoms with Gasteiger partial charge in [0.05, 0.1) is 18.1 Å². The third kappa shape index (κ3) is 1.45. The van der Waals surface area contributed by atoms with Crippen LogP contribution in [0.5, 0.6) is 0 Å². The summed E-state index contributed by atoms with van der Waals surface area (Å²) < 4.78 is 5.74. The van der Waals surface area contributed by atoms with Gasteiger partial charge >= 0.3 is 5.97 Å². The number of aliphatic hydroxyl groups excluding tert-OH is 2. The highest BCUT2D eigenvalue weighted by Crippen LogP contribution is 2.78. The van der Waals surface area contributed by atoms with Gasteiger partial charge in [-0.25, -0.2) is 0 Å². The van der Waals surface area contributed by atoms with E-state index in [1.54, 1.807) is 0 Å². The number of hydrogen-bond acceptors (Lipinski definition) is 4. The molecular formula is C19H28O4. The largest absolute Gasteiger partial charge is 0.465 e. The van der Waals surface area contributed by atoms with Crippen molar-refractivity contribution in [3.63, 3.8) is 0 Å². The standard InChI is InChI=1S/C19H28O4/c1-17-5-2-6-18(10-23-16(17)22)14-4-3-11-7-19(14,8-13(11)21)12(9-20)15(17)18/h11-15,20-21H,2-10H2,1H3/t11-,12+,13+,14+,15-,17-,18-,19+/m1/s1. The quantitative estimate of drug-likeness (QED) is 0.726. The van der Waals surface area contributed by atoms with Crippen molar-refractivity contribution in [2.75, 3.05) is 13.2 Å². The van der Waals surface area contributed by atoms with Crippen LogP contribution in [0.4, 0.5) is 0 Å². The molecule has 0 radical (unpaired) electrons. The molecule has 4 nitrogen and oxygen atoms in total. The summed E-state index contributed by atoms with van der Waals surface area (Å²) in [4.78, 5) is 12.6. The Kier molecular flexibility index (Phi) is 2.76. The summed E-state index contributed by atoms with van der Waals surface area (Å²) in [6.45, 7) is 2.80. The van der Waals surface area contributed by atoms with Crippen LogP contribution in [-0.2, 0) is 9.53 Å². The topological polar surface area (TPSA) is 66.8 Å². The van der Waals surface area contributed by atoms with Gasteiger partial charge in [-0.3, -0.25) is 4.79 Å². The first-order valence-corrected chi connectivity index (χ1v) is 9.44. The lowest BCUT2D eigenvalue weighted by Crippen LogP contribution is -2.58. The number of carbonyl (C=O) groups excluding carboxylic acids is 1. The van der Waals surface area contributed by atoms with Gasteiger partial charge in [-0.05, 0) is 74.5 Å². The predicted octanol–water partition coefficient (Wildman–Crippen LogP) is 2.13. The molecule has 0 aromatic rings. The average molecular weight is 320 g/mol. The molecular weight excluding hydrogens is 292 g/mol. The van der Waals surface area contributed by atoms with Crippen LogP contribution in [0, 0.1) is 39.9 Å². The van der Waals surface area contributed by atoms with Gasteiger partial charge in [-0.15, -0.1) is 0 Å². The first-order valence-electron chi connectivity index (χ1n) is 9.44. The Morgan fingerprint density at radius 3 is 2.83 bits per heavy atom. The minimum atomic E-state index is -0.432. The summed E-state index contributed by atoms with van der Waals surface area (Å²) in [6, 6.07) is 0. The molecule has 1 saturated heterocycles. The van der Waals surface area contributed by atoms with E-state index in [4.69, 9.17) is 4.74 Å². The van der Waals surface area contributed by atoms with Crippen LogP contribution in [0.2, 0.25) is 0 Å². The Hall–Kier alpha value is -0.610. The second kappa shape index (κ2) is 4.32. The number of carbonyl (C=O) groups is 1. The lowest BCUT2D eigenvalue weighted by molar-refractivity contribution is -0.200. The maximum absolute atomic E-state index is 12.6. The molecule has 1 heterocycles. The zero-order chi connectivity index (χ0) is 16.0. The van der Waals surface area contributed by atoms with Gasteiger partial charge in [-0.1, -0.05) is 6.42 Å². The van der Waals surface area contributed by atoms with Crippen molar-refractivity contribution < 1.29 is 19.7 Å². The molecule has 4 saturated carbocycles. The molecule has 2 N–H and O–H groups in total. The third-order valence-corrected chi connectivity index (χ3v) is 8.91. The lowest BCUT2D eigenvalue weighted by atomic mass is 9.51. The number of aliphatic hydroxyl groups is 2. The lowest BCUT2D eigenvalue weighted by Gasteiger charge is -2.55. The molecule has 5 fully saturated rings. The molecule has 128 valence electrons. The molecule has 1 aliphatic heterocycles. The summed E-state index contributed by atoms with van der Waals surface area (Å²) >= 11 is 0. The zero-order valence-corrected chi connectivity index (χ0v) is 14.0. The van der Waals surface area contributed by atoms with E-state index >= 15 is 0 Å². The van der Waals surface area contributed by atoms with Crippen LogP contribution in [0.25, 0.3) is 0 Å². The molecule has 0 aromatic carbocycles. The fraction of sp³-hybridized carbons (Fsp3) is 0.947. The molecule has 4 aliphatic carbocycles. The molecule has 1 spiro atoms. The van der Waals surface area contributed by atoms with E-state index < -0.39 is 5.41 Å². The molecule has 5 rings (SSSR count). The van der Waals surface area contributed by atoms with Crippen molar-refractivity contribution in [2.45, 2.75) is 58.0 Å². The van der Waals surface area contributed by atoms with Crippen molar-refractivity contribution in [1.82, 2.24) is 0 Å². The highest BCUT2D eigenvalue weighted by Gasteiger charge is 2.76. The van der Waals surface area contributed by atoms with Crippen molar-refractivity contribution in [1.29, 1.82) is 0 Å². The fourth-order valence-corrected chi connectivity index (χ4v) is 8.37. The SMILES string of the molecule is C[C@]12CCC[C@@]3(COC1=O)[C@@H]1CC[C@@H]4C[C@]1(C[C@@H]4O)[C@@H](CO)[C@@H]32. The number of ether oxygens (including phenoxy) is 1. The Balaban J connectivity index is 1.70. The van der Waals surface area contributed by atoms with E-state index in [1.165, 1.54) is 0 Å². The van der Waals surface area contributed by atoms with Crippen molar-refractivity contribution in [3.8, 4) is 0 Å². The Labute approximate surface area is 137 Å². The first-order chi connectivity index (χ1) is 11.0. The third-order valence-electron chi connectivity index (χ3n) is 8.91. The second-order valence-corrected chi connectivity index (χ2v) is 9.45. The van der Waals surface area contributed by atoms with Crippen molar-refractivity contribution >= 4 is 5.97 Å². The Morgan fingerprint density at radius 1 is 1.22 bits per heavy atom. The van der Waals surface area contributed by atoms with Crippen LogP contribution >= 0.6 is 0 Å². The van der Waals surface area contributed by atoms with Gasteiger partial charge in [-0.2, -0.15) is 0 Å². The van der Waals surface area contributed by atoms with E-state index in [0.29, 0.717) is 18.4 Å². The number of rotatable bonds is 1. The number of esters is 1. The van der Waals surface area contributed by atoms with Crippen LogP contribution < -0.4 is 0 Å². The van der Waals surface area contributed by atoms with E-state index in [9.17, 15) is 15.0 Å². The normalized spacial score (nSPS) is 60.1. The first kappa shape index (κ1) is 14.7. The maximum Gasteiger partial charge on any atom is 0.312 e. The van der Waals surface area contributed by atoms with Gasteiger partial charge in [0, 0.05) is 12.0 Å². The molecule has 0 aromatic heterocycles.